The van der Waals surface area contributed by atoms with Crippen LogP contribution in [0.3, 0.4) is 0 Å². The van der Waals surface area contributed by atoms with Crippen LogP contribution in [0, 0.1) is 13.8 Å². The van der Waals surface area contributed by atoms with Crippen LogP contribution in [0.1, 0.15) is 29.7 Å². The van der Waals surface area contributed by atoms with E-state index in [9.17, 15) is 0 Å². The maximum Gasteiger partial charge on any atom is 0.139 e. The Morgan fingerprint density at radius 1 is 1.15 bits per heavy atom. The third kappa shape index (κ3) is 4.62. The van der Waals surface area contributed by atoms with E-state index in [1.807, 2.05) is 13.0 Å². The SMILES string of the molecule is CCNCc1cc(C)nc(CSc2cccc(C)c2)n1. The first-order valence-electron chi connectivity index (χ1n) is 6.91. The van der Waals surface area contributed by atoms with Crippen LogP contribution in [0.15, 0.2) is 35.2 Å². The minimum atomic E-state index is 0.808. The van der Waals surface area contributed by atoms with Gasteiger partial charge in [0.15, 0.2) is 0 Å². The van der Waals surface area contributed by atoms with Crippen LogP contribution in [-0.4, -0.2) is 16.5 Å². The normalized spacial score (nSPS) is 10.8. The van der Waals surface area contributed by atoms with Crippen LogP contribution < -0.4 is 5.32 Å². The number of rotatable bonds is 6. The lowest BCUT2D eigenvalue weighted by atomic mass is 10.2. The average molecular weight is 287 g/mol. The van der Waals surface area contributed by atoms with Crippen molar-refractivity contribution in [1.29, 1.82) is 0 Å². The molecule has 0 fully saturated rings. The highest BCUT2D eigenvalue weighted by Gasteiger charge is 2.03. The van der Waals surface area contributed by atoms with Crippen LogP contribution in [0.4, 0.5) is 0 Å². The first kappa shape index (κ1) is 15.0. The van der Waals surface area contributed by atoms with E-state index in [0.717, 1.165) is 36.1 Å². The summed E-state index contributed by atoms with van der Waals surface area (Å²) in [5.41, 5.74) is 3.39. The number of nitrogens with zero attached hydrogens (tertiary/aromatic N) is 2. The van der Waals surface area contributed by atoms with Gasteiger partial charge < -0.3 is 5.32 Å². The molecule has 0 spiro atoms. The van der Waals surface area contributed by atoms with Gasteiger partial charge in [0.2, 0.25) is 0 Å². The van der Waals surface area contributed by atoms with E-state index in [0.29, 0.717) is 0 Å². The van der Waals surface area contributed by atoms with Crippen molar-refractivity contribution in [2.24, 2.45) is 0 Å². The summed E-state index contributed by atoms with van der Waals surface area (Å²) in [6, 6.07) is 10.6. The summed E-state index contributed by atoms with van der Waals surface area (Å²) < 4.78 is 0. The van der Waals surface area contributed by atoms with E-state index >= 15 is 0 Å². The van der Waals surface area contributed by atoms with Gasteiger partial charge in [-0.2, -0.15) is 0 Å². The highest BCUT2D eigenvalue weighted by molar-refractivity contribution is 7.98. The second-order valence-electron chi connectivity index (χ2n) is 4.80. The van der Waals surface area contributed by atoms with Crippen LogP contribution >= 0.6 is 11.8 Å². The lowest BCUT2D eigenvalue weighted by molar-refractivity contribution is 0.702. The molecule has 0 saturated heterocycles. The van der Waals surface area contributed by atoms with E-state index in [1.165, 1.54) is 10.5 Å². The molecule has 1 heterocycles. The Kier molecular flexibility index (Phi) is 5.56. The van der Waals surface area contributed by atoms with Gasteiger partial charge in [0.1, 0.15) is 5.82 Å². The van der Waals surface area contributed by atoms with Gasteiger partial charge in [-0.05, 0) is 38.6 Å². The van der Waals surface area contributed by atoms with Gasteiger partial charge in [0, 0.05) is 17.1 Å². The van der Waals surface area contributed by atoms with E-state index < -0.39 is 0 Å². The molecular weight excluding hydrogens is 266 g/mol. The molecular formula is C16H21N3S. The van der Waals surface area contributed by atoms with Gasteiger partial charge in [0.25, 0.3) is 0 Å². The molecule has 0 radical (unpaired) electrons. The zero-order chi connectivity index (χ0) is 14.4. The predicted molar refractivity (Wildman–Crippen MR) is 84.9 cm³/mol. The van der Waals surface area contributed by atoms with Crippen molar-refractivity contribution in [3.63, 3.8) is 0 Å². The fourth-order valence-electron chi connectivity index (χ4n) is 1.96. The Morgan fingerprint density at radius 2 is 2.00 bits per heavy atom. The molecule has 20 heavy (non-hydrogen) atoms. The van der Waals surface area contributed by atoms with E-state index in [-0.39, 0.29) is 0 Å². The summed E-state index contributed by atoms with van der Waals surface area (Å²) in [5.74, 6) is 1.72. The quantitative estimate of drug-likeness (QED) is 0.825. The first-order chi connectivity index (χ1) is 9.67. The molecule has 0 atom stereocenters. The minimum absolute atomic E-state index is 0.808. The zero-order valence-electron chi connectivity index (χ0n) is 12.3. The number of aryl methyl sites for hydroxylation is 2. The Labute approximate surface area is 125 Å². The highest BCUT2D eigenvalue weighted by atomic mass is 32.2. The predicted octanol–water partition coefficient (Wildman–Crippen LogP) is 3.50. The topological polar surface area (TPSA) is 37.8 Å². The average Bonchev–Trinajstić information content (AvgIpc) is 2.42. The third-order valence-corrected chi connectivity index (χ3v) is 3.86. The number of benzene rings is 1. The smallest absolute Gasteiger partial charge is 0.139 e. The number of hydrogen-bond donors (Lipinski definition) is 1. The largest absolute Gasteiger partial charge is 0.311 e. The van der Waals surface area contributed by atoms with E-state index in [1.54, 1.807) is 11.8 Å². The van der Waals surface area contributed by atoms with Gasteiger partial charge in [-0.3, -0.25) is 0 Å². The van der Waals surface area contributed by atoms with Crippen molar-refractivity contribution >= 4 is 11.8 Å². The number of thioether (sulfide) groups is 1. The van der Waals surface area contributed by atoms with Crippen molar-refractivity contribution in [3.05, 3.63) is 53.1 Å². The molecule has 0 aliphatic carbocycles. The monoisotopic (exact) mass is 287 g/mol. The number of aromatic nitrogens is 2. The molecule has 0 amide bonds. The van der Waals surface area contributed by atoms with Crippen LogP contribution in [-0.2, 0) is 12.3 Å². The summed E-state index contributed by atoms with van der Waals surface area (Å²) in [4.78, 5) is 10.4. The molecule has 106 valence electrons. The maximum absolute atomic E-state index is 4.61. The van der Waals surface area contributed by atoms with Crippen molar-refractivity contribution in [2.45, 2.75) is 38.0 Å². The van der Waals surface area contributed by atoms with E-state index in [4.69, 9.17) is 0 Å². The second kappa shape index (κ2) is 7.41. The van der Waals surface area contributed by atoms with Gasteiger partial charge >= 0.3 is 0 Å². The Bertz CT molecular complexity index is 569. The fourth-order valence-corrected chi connectivity index (χ4v) is 2.83. The molecule has 0 unspecified atom stereocenters. The fraction of sp³-hybridized carbons (Fsp3) is 0.375. The molecule has 2 rings (SSSR count). The molecule has 0 bridgehead atoms. The second-order valence-corrected chi connectivity index (χ2v) is 5.85. The van der Waals surface area contributed by atoms with Crippen LogP contribution in [0.5, 0.6) is 0 Å². The number of hydrogen-bond acceptors (Lipinski definition) is 4. The van der Waals surface area contributed by atoms with Crippen molar-refractivity contribution in [2.75, 3.05) is 6.54 Å². The Hall–Kier alpha value is -1.39. The van der Waals surface area contributed by atoms with Crippen LogP contribution in [0.25, 0.3) is 0 Å². The third-order valence-electron chi connectivity index (χ3n) is 2.87. The molecule has 1 aromatic carbocycles. The van der Waals surface area contributed by atoms with Gasteiger partial charge in [-0.1, -0.05) is 24.6 Å². The molecule has 1 aromatic heterocycles. The molecule has 1 N–H and O–H groups in total. The van der Waals surface area contributed by atoms with Gasteiger partial charge in [-0.15, -0.1) is 11.8 Å². The molecule has 3 nitrogen and oxygen atoms in total. The Balaban J connectivity index is 2.03. The van der Waals surface area contributed by atoms with Crippen LogP contribution in [0.2, 0.25) is 0 Å². The molecule has 4 heteroatoms. The van der Waals surface area contributed by atoms with Crippen molar-refractivity contribution in [3.8, 4) is 0 Å². The lowest BCUT2D eigenvalue weighted by Crippen LogP contribution is -2.14. The van der Waals surface area contributed by atoms with E-state index in [2.05, 4.69) is 53.4 Å². The number of nitrogens with one attached hydrogen (secondary N) is 1. The highest BCUT2D eigenvalue weighted by Crippen LogP contribution is 2.22. The molecule has 0 aliphatic rings. The Morgan fingerprint density at radius 3 is 2.75 bits per heavy atom. The van der Waals surface area contributed by atoms with Crippen molar-refractivity contribution in [1.82, 2.24) is 15.3 Å². The van der Waals surface area contributed by atoms with Crippen molar-refractivity contribution < 1.29 is 0 Å². The van der Waals surface area contributed by atoms with Gasteiger partial charge in [0.05, 0.1) is 11.4 Å². The first-order valence-corrected chi connectivity index (χ1v) is 7.89. The minimum Gasteiger partial charge on any atom is -0.311 e. The molecule has 0 aliphatic heterocycles. The molecule has 0 saturated carbocycles. The summed E-state index contributed by atoms with van der Waals surface area (Å²) in [5, 5.41) is 3.30. The lowest BCUT2D eigenvalue weighted by Gasteiger charge is -2.07. The summed E-state index contributed by atoms with van der Waals surface area (Å²) in [6.07, 6.45) is 0. The summed E-state index contributed by atoms with van der Waals surface area (Å²) >= 11 is 1.78. The van der Waals surface area contributed by atoms with Gasteiger partial charge in [-0.25, -0.2) is 9.97 Å². The standard InChI is InChI=1S/C16H21N3S/c1-4-17-10-14-9-13(3)18-16(19-14)11-20-15-7-5-6-12(2)8-15/h5-9,17H,4,10-11H2,1-3H3. The summed E-state index contributed by atoms with van der Waals surface area (Å²) in [7, 11) is 0. The summed E-state index contributed by atoms with van der Waals surface area (Å²) in [6.45, 7) is 8.00. The maximum atomic E-state index is 4.61. The zero-order valence-corrected chi connectivity index (χ0v) is 13.1. The molecule has 2 aromatic rings.